The number of nitriles is 1. The molecule has 0 aliphatic rings. The summed E-state index contributed by atoms with van der Waals surface area (Å²) in [6.07, 6.45) is 1.70. The van der Waals surface area contributed by atoms with Crippen LogP contribution in [0.4, 0.5) is 21.7 Å². The van der Waals surface area contributed by atoms with E-state index in [1.807, 2.05) is 6.07 Å². The Bertz CT molecular complexity index is 678. The topological polar surface area (TPSA) is 73.6 Å². The number of rotatable bonds is 5. The van der Waals surface area contributed by atoms with Crippen LogP contribution in [0, 0.1) is 17.1 Å². The lowest BCUT2D eigenvalue weighted by Crippen LogP contribution is -2.04. The van der Waals surface area contributed by atoms with Crippen LogP contribution in [0.15, 0.2) is 24.3 Å². The lowest BCUT2D eigenvalue weighted by atomic mass is 10.2. The van der Waals surface area contributed by atoms with Crippen molar-refractivity contribution in [2.45, 2.75) is 19.8 Å². The number of benzene rings is 1. The molecule has 0 fully saturated rings. The van der Waals surface area contributed by atoms with Crippen LogP contribution >= 0.6 is 0 Å². The molecule has 0 unspecified atom stereocenters. The molecule has 0 spiro atoms. The Morgan fingerprint density at radius 2 is 2.00 bits per heavy atom. The number of halogens is 1. The highest BCUT2D eigenvalue weighted by atomic mass is 19.1. The molecule has 108 valence electrons. The van der Waals surface area contributed by atoms with Gasteiger partial charge in [-0.2, -0.15) is 5.26 Å². The van der Waals surface area contributed by atoms with Gasteiger partial charge in [-0.25, -0.2) is 14.4 Å². The van der Waals surface area contributed by atoms with Crippen molar-refractivity contribution in [2.75, 3.05) is 17.7 Å². The Morgan fingerprint density at radius 1 is 1.24 bits per heavy atom. The second kappa shape index (κ2) is 6.66. The Hall–Kier alpha value is -2.68. The molecular weight excluding hydrogens is 269 g/mol. The summed E-state index contributed by atoms with van der Waals surface area (Å²) < 4.78 is 13.1. The molecule has 0 atom stereocenters. The van der Waals surface area contributed by atoms with Crippen LogP contribution in [0.5, 0.6) is 0 Å². The summed E-state index contributed by atoms with van der Waals surface area (Å²) in [7, 11) is 1.78. The van der Waals surface area contributed by atoms with Crippen LogP contribution in [-0.4, -0.2) is 17.0 Å². The molecule has 0 aliphatic heterocycles. The number of nitrogens with zero attached hydrogens (tertiary/aromatic N) is 3. The van der Waals surface area contributed by atoms with Crippen molar-refractivity contribution in [3.63, 3.8) is 0 Å². The fraction of sp³-hybridized carbons (Fsp3) is 0.267. The van der Waals surface area contributed by atoms with Gasteiger partial charge in [0.2, 0.25) is 0 Å². The maximum atomic E-state index is 13.1. The maximum absolute atomic E-state index is 13.1. The molecule has 5 nitrogen and oxygen atoms in total. The Morgan fingerprint density at radius 3 is 2.67 bits per heavy atom. The number of hydrogen-bond donors (Lipinski definition) is 2. The van der Waals surface area contributed by atoms with Gasteiger partial charge in [0, 0.05) is 19.5 Å². The van der Waals surface area contributed by atoms with E-state index in [9.17, 15) is 4.39 Å². The third kappa shape index (κ3) is 3.66. The molecule has 0 bridgehead atoms. The van der Waals surface area contributed by atoms with Gasteiger partial charge in [0.1, 0.15) is 29.3 Å². The molecular formula is C15H16FN5. The van der Waals surface area contributed by atoms with E-state index in [1.165, 1.54) is 18.2 Å². The summed E-state index contributed by atoms with van der Waals surface area (Å²) in [5.74, 6) is 1.53. The van der Waals surface area contributed by atoms with Crippen molar-refractivity contribution in [1.82, 2.24) is 9.97 Å². The molecule has 1 aromatic heterocycles. The quantitative estimate of drug-likeness (QED) is 0.882. The van der Waals surface area contributed by atoms with E-state index in [-0.39, 0.29) is 5.56 Å². The minimum atomic E-state index is -0.442. The predicted molar refractivity (Wildman–Crippen MR) is 80.0 cm³/mol. The molecule has 2 N–H and O–H groups in total. The molecule has 0 saturated carbocycles. The van der Waals surface area contributed by atoms with E-state index >= 15 is 0 Å². The summed E-state index contributed by atoms with van der Waals surface area (Å²) >= 11 is 0. The highest BCUT2D eigenvalue weighted by Gasteiger charge is 2.07. The summed E-state index contributed by atoms with van der Waals surface area (Å²) in [5.41, 5.74) is 0.749. The van der Waals surface area contributed by atoms with Gasteiger partial charge in [-0.3, -0.25) is 0 Å². The summed E-state index contributed by atoms with van der Waals surface area (Å²) in [6.45, 7) is 2.05. The van der Waals surface area contributed by atoms with Gasteiger partial charge in [-0.15, -0.1) is 0 Å². The summed E-state index contributed by atoms with van der Waals surface area (Å²) in [6, 6.07) is 7.72. The standard InChI is InChI=1S/C15H16FN5/c1-3-4-13-20-14(18-2)8-15(21-13)19-12-6-5-11(16)7-10(12)9-17/h5-8H,3-4H2,1-2H3,(H2,18,19,20,21). The first kappa shape index (κ1) is 14.7. The van der Waals surface area contributed by atoms with E-state index in [2.05, 4.69) is 27.5 Å². The zero-order valence-electron chi connectivity index (χ0n) is 11.9. The van der Waals surface area contributed by atoms with E-state index < -0.39 is 5.82 Å². The largest absolute Gasteiger partial charge is 0.373 e. The molecule has 2 rings (SSSR count). The molecule has 21 heavy (non-hydrogen) atoms. The molecule has 0 aliphatic carbocycles. The van der Waals surface area contributed by atoms with Crippen LogP contribution in [0.25, 0.3) is 0 Å². The molecule has 0 amide bonds. The number of hydrogen-bond acceptors (Lipinski definition) is 5. The lowest BCUT2D eigenvalue weighted by molar-refractivity contribution is 0.627. The minimum absolute atomic E-state index is 0.233. The van der Waals surface area contributed by atoms with Gasteiger partial charge in [0.05, 0.1) is 11.3 Å². The smallest absolute Gasteiger partial charge is 0.136 e. The minimum Gasteiger partial charge on any atom is -0.373 e. The van der Waals surface area contributed by atoms with Crippen molar-refractivity contribution in [3.8, 4) is 6.07 Å². The molecule has 2 aromatic rings. The highest BCUT2D eigenvalue weighted by Crippen LogP contribution is 2.22. The van der Waals surface area contributed by atoms with Crippen LogP contribution in [-0.2, 0) is 6.42 Å². The van der Waals surface area contributed by atoms with Crippen LogP contribution < -0.4 is 10.6 Å². The van der Waals surface area contributed by atoms with Crippen molar-refractivity contribution < 1.29 is 4.39 Å². The number of aromatic nitrogens is 2. The third-order valence-corrected chi connectivity index (χ3v) is 2.87. The van der Waals surface area contributed by atoms with Gasteiger partial charge in [0.15, 0.2) is 0 Å². The zero-order chi connectivity index (χ0) is 15.2. The van der Waals surface area contributed by atoms with Crippen molar-refractivity contribution in [2.24, 2.45) is 0 Å². The van der Waals surface area contributed by atoms with E-state index in [0.717, 1.165) is 12.8 Å². The first-order valence-corrected chi connectivity index (χ1v) is 6.68. The van der Waals surface area contributed by atoms with E-state index in [4.69, 9.17) is 5.26 Å². The SMILES string of the molecule is CCCc1nc(NC)cc(Nc2ccc(F)cc2C#N)n1. The maximum Gasteiger partial charge on any atom is 0.136 e. The molecule has 0 saturated heterocycles. The molecule has 0 radical (unpaired) electrons. The number of anilines is 3. The van der Waals surface area contributed by atoms with Crippen molar-refractivity contribution >= 4 is 17.3 Å². The average Bonchev–Trinajstić information content (AvgIpc) is 2.49. The molecule has 1 aromatic carbocycles. The first-order chi connectivity index (χ1) is 10.2. The zero-order valence-corrected chi connectivity index (χ0v) is 11.9. The number of nitrogens with one attached hydrogen (secondary N) is 2. The fourth-order valence-electron chi connectivity index (χ4n) is 1.88. The Balaban J connectivity index is 2.35. The normalized spacial score (nSPS) is 10.0. The number of aryl methyl sites for hydroxylation is 1. The van der Waals surface area contributed by atoms with E-state index in [0.29, 0.717) is 23.1 Å². The highest BCUT2D eigenvalue weighted by molar-refractivity contribution is 5.65. The molecule has 1 heterocycles. The summed E-state index contributed by atoms with van der Waals surface area (Å²) in [5, 5.41) is 15.1. The third-order valence-electron chi connectivity index (χ3n) is 2.87. The van der Waals surface area contributed by atoms with Gasteiger partial charge < -0.3 is 10.6 Å². The average molecular weight is 285 g/mol. The van der Waals surface area contributed by atoms with Crippen molar-refractivity contribution in [1.29, 1.82) is 5.26 Å². The van der Waals surface area contributed by atoms with Crippen LogP contribution in [0.3, 0.4) is 0 Å². The van der Waals surface area contributed by atoms with Crippen molar-refractivity contribution in [3.05, 3.63) is 41.5 Å². The summed E-state index contributed by atoms with van der Waals surface area (Å²) in [4.78, 5) is 8.75. The molecule has 6 heteroatoms. The second-order valence-corrected chi connectivity index (χ2v) is 4.48. The van der Waals surface area contributed by atoms with Gasteiger partial charge in [-0.05, 0) is 24.6 Å². The van der Waals surface area contributed by atoms with E-state index in [1.54, 1.807) is 13.1 Å². The van der Waals surface area contributed by atoms with Gasteiger partial charge in [0.25, 0.3) is 0 Å². The first-order valence-electron chi connectivity index (χ1n) is 6.68. The van der Waals surface area contributed by atoms with Crippen LogP contribution in [0.1, 0.15) is 24.7 Å². The lowest BCUT2D eigenvalue weighted by Gasteiger charge is -2.10. The Labute approximate surface area is 122 Å². The monoisotopic (exact) mass is 285 g/mol. The Kier molecular flexibility index (Phi) is 4.67. The fourth-order valence-corrected chi connectivity index (χ4v) is 1.88. The predicted octanol–water partition coefficient (Wildman–Crippen LogP) is 3.23. The van der Waals surface area contributed by atoms with Gasteiger partial charge >= 0.3 is 0 Å². The second-order valence-electron chi connectivity index (χ2n) is 4.48. The van der Waals surface area contributed by atoms with Gasteiger partial charge in [-0.1, -0.05) is 6.92 Å². The van der Waals surface area contributed by atoms with Crippen LogP contribution in [0.2, 0.25) is 0 Å².